The van der Waals surface area contributed by atoms with Crippen LogP contribution in [0.5, 0.6) is 0 Å². The average Bonchev–Trinajstić information content (AvgIpc) is 2.91. The maximum absolute atomic E-state index is 10.6. The molecule has 36 heavy (non-hydrogen) atoms. The second-order valence-corrected chi connectivity index (χ2v) is 10.6. The van der Waals surface area contributed by atoms with E-state index in [1.165, 1.54) is 89.0 Å². The highest BCUT2D eigenvalue weighted by Gasteiger charge is 2.16. The van der Waals surface area contributed by atoms with E-state index in [9.17, 15) is 10.2 Å². The number of aliphatic hydroxyl groups excluding tert-OH is 2. The largest absolute Gasteiger partial charge is 0.388 e. The van der Waals surface area contributed by atoms with E-state index >= 15 is 0 Å². The zero-order chi connectivity index (χ0) is 25.8. The van der Waals surface area contributed by atoms with Crippen molar-refractivity contribution >= 4 is 0 Å². The van der Waals surface area contributed by atoms with Gasteiger partial charge in [0.25, 0.3) is 0 Å². The van der Waals surface area contributed by atoms with Gasteiger partial charge in [-0.2, -0.15) is 0 Å². The Morgan fingerprint density at radius 1 is 0.639 bits per heavy atom. The summed E-state index contributed by atoms with van der Waals surface area (Å²) in [5.74, 6) is 0. The van der Waals surface area contributed by atoms with Gasteiger partial charge in [0, 0.05) is 6.04 Å². The van der Waals surface area contributed by atoms with Gasteiger partial charge in [-0.3, -0.25) is 0 Å². The van der Waals surface area contributed by atoms with Crippen LogP contribution in [0.1, 0.15) is 133 Å². The van der Waals surface area contributed by atoms with E-state index in [0.29, 0.717) is 13.0 Å². The Labute approximate surface area is 221 Å². The third-order valence-corrected chi connectivity index (χ3v) is 7.43. The molecule has 2 aromatic carbocycles. The average molecular weight is 496 g/mol. The minimum Gasteiger partial charge on any atom is -0.388 e. The van der Waals surface area contributed by atoms with Gasteiger partial charge in [0.1, 0.15) is 0 Å². The van der Waals surface area contributed by atoms with E-state index < -0.39 is 12.2 Å². The number of aliphatic hydroxyl groups is 2. The predicted octanol–water partition coefficient (Wildman–Crippen LogP) is 8.46. The Morgan fingerprint density at radius 2 is 1.17 bits per heavy atom. The van der Waals surface area contributed by atoms with Crippen molar-refractivity contribution in [1.29, 1.82) is 0 Å². The van der Waals surface area contributed by atoms with Gasteiger partial charge in [-0.1, -0.05) is 139 Å². The molecule has 0 aliphatic rings. The molecular formula is C33H53NO2. The van der Waals surface area contributed by atoms with Gasteiger partial charge in [0.2, 0.25) is 0 Å². The van der Waals surface area contributed by atoms with Crippen molar-refractivity contribution in [2.24, 2.45) is 0 Å². The van der Waals surface area contributed by atoms with Crippen molar-refractivity contribution in [3.8, 4) is 0 Å². The zero-order valence-corrected chi connectivity index (χ0v) is 23.1. The molecule has 2 aromatic rings. The van der Waals surface area contributed by atoms with Crippen LogP contribution in [0.15, 0.2) is 54.6 Å². The Morgan fingerprint density at radius 3 is 1.72 bits per heavy atom. The summed E-state index contributed by atoms with van der Waals surface area (Å²) in [7, 11) is 0. The van der Waals surface area contributed by atoms with Crippen molar-refractivity contribution in [1.82, 2.24) is 5.32 Å². The summed E-state index contributed by atoms with van der Waals surface area (Å²) in [5, 5.41) is 24.4. The van der Waals surface area contributed by atoms with Crippen LogP contribution in [0.25, 0.3) is 0 Å². The summed E-state index contributed by atoms with van der Waals surface area (Å²) in [6.07, 6.45) is 18.8. The maximum atomic E-state index is 10.6. The molecule has 0 radical (unpaired) electrons. The smallest absolute Gasteiger partial charge is 0.0940 e. The summed E-state index contributed by atoms with van der Waals surface area (Å²) in [6.45, 7) is 4.92. The number of hydrogen-bond acceptors (Lipinski definition) is 3. The molecule has 0 spiro atoms. The van der Waals surface area contributed by atoms with Crippen molar-refractivity contribution < 1.29 is 10.2 Å². The summed E-state index contributed by atoms with van der Waals surface area (Å²) >= 11 is 0. The van der Waals surface area contributed by atoms with Crippen LogP contribution >= 0.6 is 0 Å². The van der Waals surface area contributed by atoms with Crippen molar-refractivity contribution in [2.75, 3.05) is 6.54 Å². The van der Waals surface area contributed by atoms with E-state index in [-0.39, 0.29) is 6.04 Å². The van der Waals surface area contributed by atoms with E-state index in [1.54, 1.807) is 0 Å². The molecule has 3 nitrogen and oxygen atoms in total. The standard InChI is InChI=1S/C33H53NO2/c1-3-4-5-6-7-8-9-10-11-12-13-14-16-19-29-22-24-30(25-23-29)32(35)26-27-34-28(2)33(36)31-20-17-15-18-21-31/h15,17-18,20-25,28,32-36H,3-14,16,19,26-27H2,1-2H3. The lowest BCUT2D eigenvalue weighted by atomic mass is 10.00. The highest BCUT2D eigenvalue weighted by Crippen LogP contribution is 2.20. The lowest BCUT2D eigenvalue weighted by Crippen LogP contribution is -2.33. The van der Waals surface area contributed by atoms with Crippen molar-refractivity contribution in [3.05, 3.63) is 71.3 Å². The van der Waals surface area contributed by atoms with Gasteiger partial charge in [-0.25, -0.2) is 0 Å². The Bertz CT molecular complexity index is 761. The van der Waals surface area contributed by atoms with Gasteiger partial charge in [-0.05, 0) is 49.4 Å². The van der Waals surface area contributed by atoms with Gasteiger partial charge >= 0.3 is 0 Å². The number of hydrogen-bond donors (Lipinski definition) is 3. The number of nitrogens with one attached hydrogen (secondary N) is 1. The summed E-state index contributed by atoms with van der Waals surface area (Å²) in [5.41, 5.74) is 3.26. The van der Waals surface area contributed by atoms with Crippen LogP contribution in [-0.4, -0.2) is 22.8 Å². The SMILES string of the molecule is CCCCCCCCCCCCCCCc1ccc(C(O)CCNC(C)C(O)c2ccccc2)cc1. The van der Waals surface area contributed by atoms with Gasteiger partial charge in [0.05, 0.1) is 12.2 Å². The van der Waals surface area contributed by atoms with Crippen LogP contribution in [0, 0.1) is 0 Å². The Hall–Kier alpha value is -1.68. The highest BCUT2D eigenvalue weighted by atomic mass is 16.3. The van der Waals surface area contributed by atoms with Crippen LogP contribution in [0.2, 0.25) is 0 Å². The minimum atomic E-state index is -0.548. The van der Waals surface area contributed by atoms with E-state index in [0.717, 1.165) is 17.5 Å². The first-order valence-corrected chi connectivity index (χ1v) is 14.8. The second kappa shape index (κ2) is 19.4. The molecule has 0 saturated carbocycles. The first-order valence-electron chi connectivity index (χ1n) is 14.8. The topological polar surface area (TPSA) is 52.5 Å². The molecule has 3 N–H and O–H groups in total. The zero-order valence-electron chi connectivity index (χ0n) is 23.1. The van der Waals surface area contributed by atoms with E-state index in [1.807, 2.05) is 37.3 Å². The highest BCUT2D eigenvalue weighted by molar-refractivity contribution is 5.24. The van der Waals surface area contributed by atoms with Gasteiger partial charge in [-0.15, -0.1) is 0 Å². The van der Waals surface area contributed by atoms with E-state index in [2.05, 4.69) is 36.5 Å². The van der Waals surface area contributed by atoms with Crippen LogP contribution in [0.4, 0.5) is 0 Å². The third-order valence-electron chi connectivity index (χ3n) is 7.43. The molecule has 0 aromatic heterocycles. The summed E-state index contributed by atoms with van der Waals surface area (Å²) in [4.78, 5) is 0. The summed E-state index contributed by atoms with van der Waals surface area (Å²) < 4.78 is 0. The normalized spacial score (nSPS) is 14.0. The molecule has 0 aliphatic carbocycles. The van der Waals surface area contributed by atoms with Crippen molar-refractivity contribution in [2.45, 2.75) is 128 Å². The molecule has 0 heterocycles. The molecule has 3 heteroatoms. The molecule has 202 valence electrons. The van der Waals surface area contributed by atoms with Crippen molar-refractivity contribution in [3.63, 3.8) is 0 Å². The quantitative estimate of drug-likeness (QED) is 0.152. The van der Waals surface area contributed by atoms with E-state index in [4.69, 9.17) is 0 Å². The Kier molecular flexibility index (Phi) is 16.5. The fourth-order valence-electron chi connectivity index (χ4n) is 4.92. The monoisotopic (exact) mass is 495 g/mol. The number of benzene rings is 2. The van der Waals surface area contributed by atoms with Gasteiger partial charge < -0.3 is 15.5 Å². The molecule has 2 rings (SSSR count). The second-order valence-electron chi connectivity index (χ2n) is 10.6. The predicted molar refractivity (Wildman–Crippen MR) is 154 cm³/mol. The molecule has 0 bridgehead atoms. The maximum Gasteiger partial charge on any atom is 0.0940 e. The molecular weight excluding hydrogens is 442 g/mol. The number of rotatable bonds is 21. The van der Waals surface area contributed by atoms with Crippen LogP contribution < -0.4 is 5.32 Å². The lowest BCUT2D eigenvalue weighted by molar-refractivity contribution is 0.127. The molecule has 0 fully saturated rings. The molecule has 0 aliphatic heterocycles. The number of aryl methyl sites for hydroxylation is 1. The fraction of sp³-hybridized carbons (Fsp3) is 0.636. The third kappa shape index (κ3) is 13.0. The Balaban J connectivity index is 1.50. The first kappa shape index (κ1) is 30.5. The molecule has 3 unspecified atom stereocenters. The lowest BCUT2D eigenvalue weighted by Gasteiger charge is -2.21. The van der Waals surface area contributed by atoms with Crippen LogP contribution in [-0.2, 0) is 6.42 Å². The fourth-order valence-corrected chi connectivity index (χ4v) is 4.92. The molecule has 0 amide bonds. The van der Waals surface area contributed by atoms with Crippen LogP contribution in [0.3, 0.4) is 0 Å². The molecule has 3 atom stereocenters. The minimum absolute atomic E-state index is 0.0673. The molecule has 0 saturated heterocycles. The number of unbranched alkanes of at least 4 members (excludes halogenated alkanes) is 12. The summed E-state index contributed by atoms with van der Waals surface area (Å²) in [6, 6.07) is 18.2. The first-order chi connectivity index (χ1) is 17.6. The van der Waals surface area contributed by atoms with Gasteiger partial charge in [0.15, 0.2) is 0 Å².